The van der Waals surface area contributed by atoms with Gasteiger partial charge in [-0.3, -0.25) is 9.59 Å². The summed E-state index contributed by atoms with van der Waals surface area (Å²) in [5.41, 5.74) is 4.59. The monoisotopic (exact) mass is 413 g/mol. The highest BCUT2D eigenvalue weighted by Gasteiger charge is 2.14. The van der Waals surface area contributed by atoms with Crippen LogP contribution in [-0.4, -0.2) is 12.5 Å². The Hall–Kier alpha value is -3.86. The largest absolute Gasteiger partial charge is 0.484 e. The van der Waals surface area contributed by atoms with E-state index < -0.39 is 0 Å². The fourth-order valence-electron chi connectivity index (χ4n) is 3.71. The van der Waals surface area contributed by atoms with Crippen LogP contribution < -0.4 is 15.5 Å². The van der Waals surface area contributed by atoms with E-state index in [4.69, 9.17) is 9.15 Å². The highest BCUT2D eigenvalue weighted by atomic mass is 16.5. The van der Waals surface area contributed by atoms with Gasteiger partial charge >= 0.3 is 0 Å². The lowest BCUT2D eigenvalue weighted by Gasteiger charge is -2.10. The molecule has 4 aromatic rings. The molecule has 0 bridgehead atoms. The number of ether oxygens (including phenoxy) is 1. The Kier molecular flexibility index (Phi) is 5.58. The van der Waals surface area contributed by atoms with E-state index in [-0.39, 0.29) is 17.9 Å². The molecule has 0 fully saturated rings. The number of carbonyl (C=O) groups is 1. The molecule has 5 nitrogen and oxygen atoms in total. The first-order chi connectivity index (χ1) is 14.9. The maximum absolute atomic E-state index is 13.0. The second-order valence-electron chi connectivity index (χ2n) is 7.60. The molecule has 5 heteroatoms. The Morgan fingerprint density at radius 2 is 1.65 bits per heavy atom. The Morgan fingerprint density at radius 1 is 0.935 bits per heavy atom. The number of benzene rings is 3. The van der Waals surface area contributed by atoms with Gasteiger partial charge in [-0.25, -0.2) is 0 Å². The topological polar surface area (TPSA) is 68.5 Å². The molecule has 0 saturated carbocycles. The van der Waals surface area contributed by atoms with Gasteiger partial charge in [0, 0.05) is 11.8 Å². The minimum Gasteiger partial charge on any atom is -0.484 e. The number of anilines is 1. The quantitative estimate of drug-likeness (QED) is 0.475. The zero-order valence-electron chi connectivity index (χ0n) is 17.7. The summed E-state index contributed by atoms with van der Waals surface area (Å²) in [6.07, 6.45) is 0. The molecular weight excluding hydrogens is 390 g/mol. The van der Waals surface area contributed by atoms with Crippen molar-refractivity contribution in [3.63, 3.8) is 0 Å². The molecule has 1 N–H and O–H groups in total. The van der Waals surface area contributed by atoms with Gasteiger partial charge in [0.25, 0.3) is 5.91 Å². The average Bonchev–Trinajstić information content (AvgIpc) is 2.72. The molecule has 1 aromatic heterocycles. The fraction of sp³-hybridized carbons (Fsp3) is 0.154. The maximum atomic E-state index is 13.0. The number of rotatable bonds is 5. The summed E-state index contributed by atoms with van der Waals surface area (Å²) in [7, 11) is 0. The summed E-state index contributed by atoms with van der Waals surface area (Å²) >= 11 is 0. The van der Waals surface area contributed by atoms with E-state index in [2.05, 4.69) is 5.32 Å². The first-order valence-electron chi connectivity index (χ1n) is 10.0. The van der Waals surface area contributed by atoms with Crippen molar-refractivity contribution in [2.75, 3.05) is 11.9 Å². The van der Waals surface area contributed by atoms with Crippen molar-refractivity contribution in [1.82, 2.24) is 0 Å². The molecule has 4 rings (SSSR count). The summed E-state index contributed by atoms with van der Waals surface area (Å²) in [5, 5.41) is 3.31. The molecule has 0 saturated heterocycles. The van der Waals surface area contributed by atoms with E-state index in [9.17, 15) is 9.59 Å². The first-order valence-corrected chi connectivity index (χ1v) is 10.0. The minimum absolute atomic E-state index is 0.0935. The normalized spacial score (nSPS) is 10.8. The number of nitrogens with one attached hydrogen (secondary N) is 1. The number of hydrogen-bond acceptors (Lipinski definition) is 4. The average molecular weight is 413 g/mol. The van der Waals surface area contributed by atoms with Gasteiger partial charge in [-0.15, -0.1) is 0 Å². The molecule has 3 aromatic carbocycles. The van der Waals surface area contributed by atoms with Crippen molar-refractivity contribution in [2.24, 2.45) is 0 Å². The van der Waals surface area contributed by atoms with Gasteiger partial charge in [-0.1, -0.05) is 36.4 Å². The second-order valence-corrected chi connectivity index (χ2v) is 7.60. The highest BCUT2D eigenvalue weighted by molar-refractivity contribution is 5.92. The fourth-order valence-corrected chi connectivity index (χ4v) is 3.71. The van der Waals surface area contributed by atoms with Crippen LogP contribution in [0.4, 0.5) is 5.69 Å². The van der Waals surface area contributed by atoms with Crippen LogP contribution in [0, 0.1) is 20.8 Å². The zero-order chi connectivity index (χ0) is 22.0. The van der Waals surface area contributed by atoms with Crippen molar-refractivity contribution < 1.29 is 13.9 Å². The number of amides is 1. The van der Waals surface area contributed by atoms with Crippen molar-refractivity contribution in [3.05, 3.63) is 93.8 Å². The van der Waals surface area contributed by atoms with Crippen LogP contribution in [0.5, 0.6) is 5.75 Å². The minimum atomic E-state index is -0.262. The van der Waals surface area contributed by atoms with Crippen LogP contribution in [0.25, 0.3) is 22.1 Å². The molecule has 156 valence electrons. The summed E-state index contributed by atoms with van der Waals surface area (Å²) in [5.74, 6) is 0.730. The summed E-state index contributed by atoms with van der Waals surface area (Å²) in [6, 6.07) is 20.3. The molecule has 0 aliphatic carbocycles. The molecule has 1 amide bonds. The Bertz CT molecular complexity index is 1300. The number of carbonyl (C=O) groups excluding carboxylic acids is 1. The van der Waals surface area contributed by atoms with E-state index >= 15 is 0 Å². The zero-order valence-corrected chi connectivity index (χ0v) is 17.7. The molecule has 1 heterocycles. The summed E-state index contributed by atoms with van der Waals surface area (Å²) in [6.45, 7) is 5.58. The highest BCUT2D eigenvalue weighted by Crippen LogP contribution is 2.26. The third kappa shape index (κ3) is 4.51. The standard InChI is InChI=1S/C26H23NO4/c1-16-11-17(2)13-20(12-16)27-24(28)15-30-21-9-10-22-23(14-21)31-18(3)25(26(22)29)19-7-5-4-6-8-19/h4-14H,15H2,1-3H3,(H,27,28). The van der Waals surface area contributed by atoms with Crippen LogP contribution in [-0.2, 0) is 4.79 Å². The van der Waals surface area contributed by atoms with E-state index in [0.29, 0.717) is 28.0 Å². The first kappa shape index (κ1) is 20.4. The summed E-state index contributed by atoms with van der Waals surface area (Å²) in [4.78, 5) is 25.3. The van der Waals surface area contributed by atoms with Gasteiger partial charge in [0.15, 0.2) is 6.61 Å². The Morgan fingerprint density at radius 3 is 2.35 bits per heavy atom. The van der Waals surface area contributed by atoms with E-state index in [0.717, 1.165) is 22.4 Å². The van der Waals surface area contributed by atoms with Crippen molar-refractivity contribution >= 4 is 22.6 Å². The van der Waals surface area contributed by atoms with Crippen LogP contribution >= 0.6 is 0 Å². The summed E-state index contributed by atoms with van der Waals surface area (Å²) < 4.78 is 11.5. The van der Waals surface area contributed by atoms with Crippen molar-refractivity contribution in [1.29, 1.82) is 0 Å². The van der Waals surface area contributed by atoms with Gasteiger partial charge in [0.1, 0.15) is 17.1 Å². The van der Waals surface area contributed by atoms with Gasteiger partial charge in [-0.2, -0.15) is 0 Å². The van der Waals surface area contributed by atoms with Gasteiger partial charge in [-0.05, 0) is 61.7 Å². The smallest absolute Gasteiger partial charge is 0.262 e. The maximum Gasteiger partial charge on any atom is 0.262 e. The van der Waals surface area contributed by atoms with Crippen LogP contribution in [0.1, 0.15) is 16.9 Å². The van der Waals surface area contributed by atoms with Crippen molar-refractivity contribution in [3.8, 4) is 16.9 Å². The van der Waals surface area contributed by atoms with E-state index in [1.807, 2.05) is 62.4 Å². The third-order valence-electron chi connectivity index (χ3n) is 4.98. The SMILES string of the molecule is Cc1cc(C)cc(NC(=O)COc2ccc3c(=O)c(-c4ccccc4)c(C)oc3c2)c1. The molecular formula is C26H23NO4. The lowest BCUT2D eigenvalue weighted by molar-refractivity contribution is -0.118. The molecule has 0 aliphatic heterocycles. The molecule has 0 unspecified atom stereocenters. The van der Waals surface area contributed by atoms with Crippen LogP contribution in [0.2, 0.25) is 0 Å². The van der Waals surface area contributed by atoms with Gasteiger partial charge < -0.3 is 14.5 Å². The molecule has 0 atom stereocenters. The number of fused-ring (bicyclic) bond motifs is 1. The lowest BCUT2D eigenvalue weighted by atomic mass is 10.0. The lowest BCUT2D eigenvalue weighted by Crippen LogP contribution is -2.20. The molecule has 0 radical (unpaired) electrons. The number of aryl methyl sites for hydroxylation is 3. The van der Waals surface area contributed by atoms with Crippen LogP contribution in [0.3, 0.4) is 0 Å². The molecule has 0 spiro atoms. The van der Waals surface area contributed by atoms with Gasteiger partial charge in [0.05, 0.1) is 10.9 Å². The number of hydrogen-bond donors (Lipinski definition) is 1. The van der Waals surface area contributed by atoms with E-state index in [1.54, 1.807) is 25.1 Å². The van der Waals surface area contributed by atoms with Crippen molar-refractivity contribution in [2.45, 2.75) is 20.8 Å². The Balaban J connectivity index is 1.53. The molecule has 31 heavy (non-hydrogen) atoms. The van der Waals surface area contributed by atoms with Gasteiger partial charge in [0.2, 0.25) is 5.43 Å². The third-order valence-corrected chi connectivity index (χ3v) is 4.98. The van der Waals surface area contributed by atoms with Crippen LogP contribution in [0.15, 0.2) is 75.9 Å². The predicted octanol–water partition coefficient (Wildman–Crippen LogP) is 5.40. The van der Waals surface area contributed by atoms with E-state index in [1.165, 1.54) is 0 Å². The molecule has 0 aliphatic rings. The Labute approximate surface area is 180 Å². The second kappa shape index (κ2) is 8.48. The predicted molar refractivity (Wildman–Crippen MR) is 123 cm³/mol.